The van der Waals surface area contributed by atoms with Crippen LogP contribution < -0.4 is 5.32 Å². The van der Waals surface area contributed by atoms with E-state index in [1.165, 1.54) is 0 Å². The number of rotatable bonds is 2. The average molecular weight is 302 g/mol. The Balaban J connectivity index is 1.77. The second-order valence-electron chi connectivity index (χ2n) is 6.08. The van der Waals surface area contributed by atoms with Gasteiger partial charge in [0.2, 0.25) is 0 Å². The predicted octanol–water partition coefficient (Wildman–Crippen LogP) is 3.33. The van der Waals surface area contributed by atoms with Gasteiger partial charge in [-0.05, 0) is 37.8 Å². The molecule has 1 aliphatic heterocycles. The Kier molecular flexibility index (Phi) is 3.92. The highest BCUT2D eigenvalue weighted by Crippen LogP contribution is 2.34. The molecule has 1 saturated heterocycles. The lowest BCUT2D eigenvalue weighted by molar-refractivity contribution is 0.129. The average Bonchev–Trinajstić information content (AvgIpc) is 3.09. The number of amides is 2. The molecule has 3 rings (SSSR count). The van der Waals surface area contributed by atoms with E-state index in [0.717, 1.165) is 30.8 Å². The molecule has 0 unspecified atom stereocenters. The summed E-state index contributed by atoms with van der Waals surface area (Å²) in [7, 11) is 1.86. The maximum Gasteiger partial charge on any atom is 0.323 e. The van der Waals surface area contributed by atoms with Crippen molar-refractivity contribution in [2.75, 3.05) is 11.9 Å². The zero-order valence-corrected chi connectivity index (χ0v) is 13.2. The van der Waals surface area contributed by atoms with Crippen molar-refractivity contribution in [1.29, 1.82) is 0 Å². The SMILES string of the molecule is Cc1cc(NC(=O)N2CC[C@H](C)C[C@@H]2c2ccco2)nn1C. The van der Waals surface area contributed by atoms with Crippen molar-refractivity contribution in [2.24, 2.45) is 13.0 Å². The molecule has 2 aromatic heterocycles. The first-order chi connectivity index (χ1) is 10.5. The fourth-order valence-electron chi connectivity index (χ4n) is 2.94. The van der Waals surface area contributed by atoms with Crippen LogP contribution >= 0.6 is 0 Å². The number of nitrogens with zero attached hydrogens (tertiary/aromatic N) is 3. The Bertz CT molecular complexity index is 628. The number of carbonyl (C=O) groups excluding carboxylic acids is 1. The van der Waals surface area contributed by atoms with Gasteiger partial charge in [0.05, 0.1) is 12.3 Å². The maximum absolute atomic E-state index is 12.6. The van der Waals surface area contributed by atoms with Gasteiger partial charge in [0.15, 0.2) is 5.82 Å². The molecule has 0 aromatic carbocycles. The number of hydrogen-bond acceptors (Lipinski definition) is 3. The molecule has 2 aromatic rings. The number of hydrogen-bond donors (Lipinski definition) is 1. The van der Waals surface area contributed by atoms with E-state index in [1.807, 2.05) is 37.1 Å². The van der Waals surface area contributed by atoms with E-state index < -0.39 is 0 Å². The Labute approximate surface area is 130 Å². The zero-order chi connectivity index (χ0) is 15.7. The van der Waals surface area contributed by atoms with Crippen LogP contribution in [-0.2, 0) is 7.05 Å². The molecule has 0 bridgehead atoms. The van der Waals surface area contributed by atoms with Crippen molar-refractivity contribution in [3.8, 4) is 0 Å². The maximum atomic E-state index is 12.6. The number of anilines is 1. The fraction of sp³-hybridized carbons (Fsp3) is 0.500. The van der Waals surface area contributed by atoms with E-state index in [-0.39, 0.29) is 12.1 Å². The van der Waals surface area contributed by atoms with Crippen LogP contribution in [0.15, 0.2) is 28.9 Å². The van der Waals surface area contributed by atoms with Crippen LogP contribution in [0.25, 0.3) is 0 Å². The number of urea groups is 1. The van der Waals surface area contributed by atoms with E-state index in [4.69, 9.17) is 4.42 Å². The molecule has 6 heteroatoms. The number of likely N-dealkylation sites (tertiary alicyclic amines) is 1. The van der Waals surface area contributed by atoms with Crippen LogP contribution in [0.4, 0.5) is 10.6 Å². The van der Waals surface area contributed by atoms with Gasteiger partial charge in [0.25, 0.3) is 0 Å². The first-order valence-electron chi connectivity index (χ1n) is 7.66. The van der Waals surface area contributed by atoms with Gasteiger partial charge in [0, 0.05) is 25.4 Å². The zero-order valence-electron chi connectivity index (χ0n) is 13.2. The quantitative estimate of drug-likeness (QED) is 0.925. The highest BCUT2D eigenvalue weighted by atomic mass is 16.3. The van der Waals surface area contributed by atoms with Crippen LogP contribution in [0.1, 0.15) is 37.3 Å². The molecule has 1 N–H and O–H groups in total. The van der Waals surface area contributed by atoms with Gasteiger partial charge in [-0.3, -0.25) is 10.00 Å². The Morgan fingerprint density at radius 1 is 1.50 bits per heavy atom. The second-order valence-corrected chi connectivity index (χ2v) is 6.08. The highest BCUT2D eigenvalue weighted by molar-refractivity contribution is 5.88. The van der Waals surface area contributed by atoms with Gasteiger partial charge in [-0.2, -0.15) is 5.10 Å². The third kappa shape index (κ3) is 2.86. The normalized spacial score (nSPS) is 21.9. The second kappa shape index (κ2) is 5.87. The number of piperidine rings is 1. The van der Waals surface area contributed by atoms with Crippen LogP contribution in [0.2, 0.25) is 0 Å². The number of nitrogens with one attached hydrogen (secondary N) is 1. The Hall–Kier alpha value is -2.24. The third-order valence-corrected chi connectivity index (χ3v) is 4.35. The van der Waals surface area contributed by atoms with Crippen molar-refractivity contribution in [2.45, 2.75) is 32.7 Å². The molecule has 1 aliphatic rings. The molecule has 0 spiro atoms. The Morgan fingerprint density at radius 2 is 2.32 bits per heavy atom. The van der Waals surface area contributed by atoms with Gasteiger partial charge in [-0.15, -0.1) is 0 Å². The molecule has 0 radical (unpaired) electrons. The molecular weight excluding hydrogens is 280 g/mol. The van der Waals surface area contributed by atoms with Gasteiger partial charge in [-0.25, -0.2) is 4.79 Å². The summed E-state index contributed by atoms with van der Waals surface area (Å²) in [6.07, 6.45) is 3.58. The molecule has 6 nitrogen and oxygen atoms in total. The highest BCUT2D eigenvalue weighted by Gasteiger charge is 2.33. The summed E-state index contributed by atoms with van der Waals surface area (Å²) in [4.78, 5) is 14.5. The number of carbonyl (C=O) groups is 1. The molecule has 1 fully saturated rings. The van der Waals surface area contributed by atoms with Crippen LogP contribution in [0.5, 0.6) is 0 Å². The lowest BCUT2D eigenvalue weighted by Gasteiger charge is -2.37. The van der Waals surface area contributed by atoms with Crippen molar-refractivity contribution in [3.05, 3.63) is 35.9 Å². The van der Waals surface area contributed by atoms with Crippen LogP contribution in [0.3, 0.4) is 0 Å². The number of furan rings is 1. The van der Waals surface area contributed by atoms with E-state index in [9.17, 15) is 4.79 Å². The van der Waals surface area contributed by atoms with Crippen molar-refractivity contribution in [3.63, 3.8) is 0 Å². The summed E-state index contributed by atoms with van der Waals surface area (Å²) in [6, 6.07) is 5.54. The summed E-state index contributed by atoms with van der Waals surface area (Å²) in [6.45, 7) is 4.90. The summed E-state index contributed by atoms with van der Waals surface area (Å²) >= 11 is 0. The largest absolute Gasteiger partial charge is 0.467 e. The summed E-state index contributed by atoms with van der Waals surface area (Å²) in [5.74, 6) is 2.01. The minimum absolute atomic E-state index is 0.0106. The minimum atomic E-state index is -0.119. The monoisotopic (exact) mass is 302 g/mol. The predicted molar refractivity (Wildman–Crippen MR) is 83.5 cm³/mol. The lowest BCUT2D eigenvalue weighted by Crippen LogP contribution is -2.42. The van der Waals surface area contributed by atoms with Gasteiger partial charge in [-0.1, -0.05) is 6.92 Å². The number of aryl methyl sites for hydroxylation is 2. The standard InChI is InChI=1S/C16H22N4O2/c1-11-6-7-20(13(9-11)14-5-4-8-22-14)16(21)17-15-10-12(2)19(3)18-15/h4-5,8,10-11,13H,6-7,9H2,1-3H3,(H,17,18,21)/t11-,13+/m0/s1. The molecule has 2 amide bonds. The fourth-order valence-corrected chi connectivity index (χ4v) is 2.94. The van der Waals surface area contributed by atoms with E-state index >= 15 is 0 Å². The smallest absolute Gasteiger partial charge is 0.323 e. The molecule has 0 saturated carbocycles. The van der Waals surface area contributed by atoms with E-state index in [2.05, 4.69) is 17.3 Å². The molecule has 0 aliphatic carbocycles. The van der Waals surface area contributed by atoms with Crippen LogP contribution in [0, 0.1) is 12.8 Å². The van der Waals surface area contributed by atoms with Crippen molar-refractivity contribution >= 4 is 11.8 Å². The minimum Gasteiger partial charge on any atom is -0.467 e. The van der Waals surface area contributed by atoms with E-state index in [0.29, 0.717) is 11.7 Å². The van der Waals surface area contributed by atoms with Crippen molar-refractivity contribution < 1.29 is 9.21 Å². The first-order valence-corrected chi connectivity index (χ1v) is 7.66. The lowest BCUT2D eigenvalue weighted by atomic mass is 9.91. The number of aromatic nitrogens is 2. The van der Waals surface area contributed by atoms with Gasteiger partial charge < -0.3 is 9.32 Å². The molecule has 118 valence electrons. The Morgan fingerprint density at radius 3 is 2.95 bits per heavy atom. The molecule has 3 heterocycles. The van der Waals surface area contributed by atoms with Crippen LogP contribution in [-0.4, -0.2) is 27.3 Å². The summed E-state index contributed by atoms with van der Waals surface area (Å²) in [5, 5.41) is 7.18. The summed E-state index contributed by atoms with van der Waals surface area (Å²) in [5.41, 5.74) is 1.00. The van der Waals surface area contributed by atoms with E-state index in [1.54, 1.807) is 10.9 Å². The molecule has 22 heavy (non-hydrogen) atoms. The van der Waals surface area contributed by atoms with Crippen molar-refractivity contribution in [1.82, 2.24) is 14.7 Å². The third-order valence-electron chi connectivity index (χ3n) is 4.35. The molecule has 2 atom stereocenters. The van der Waals surface area contributed by atoms with Gasteiger partial charge in [0.1, 0.15) is 5.76 Å². The van der Waals surface area contributed by atoms with Gasteiger partial charge >= 0.3 is 6.03 Å². The summed E-state index contributed by atoms with van der Waals surface area (Å²) < 4.78 is 7.28. The molecular formula is C16H22N4O2. The topological polar surface area (TPSA) is 63.3 Å². The first kappa shape index (κ1) is 14.7.